The SMILES string of the molecule is O=C1CCN(c2cccc3c2ccn3C2CCC(N3CCN(CC4CCCCC4)CC3)CC2)C(=O)N1. The van der Waals surface area contributed by atoms with Crippen molar-refractivity contribution < 1.29 is 9.59 Å². The molecule has 194 valence electrons. The van der Waals surface area contributed by atoms with Crippen molar-refractivity contribution in [2.75, 3.05) is 44.2 Å². The minimum atomic E-state index is -0.314. The molecule has 0 atom stereocenters. The molecule has 3 heterocycles. The van der Waals surface area contributed by atoms with Crippen LogP contribution in [0.25, 0.3) is 10.9 Å². The Bertz CT molecular complexity index is 1070. The second kappa shape index (κ2) is 10.5. The largest absolute Gasteiger partial charge is 0.344 e. The number of rotatable bonds is 5. The van der Waals surface area contributed by atoms with Crippen molar-refractivity contribution in [3.8, 4) is 0 Å². The molecule has 4 aliphatic rings. The fourth-order valence-electron chi connectivity index (χ4n) is 7.27. The first-order chi connectivity index (χ1) is 17.7. The Morgan fingerprint density at radius 3 is 2.31 bits per heavy atom. The van der Waals surface area contributed by atoms with E-state index in [4.69, 9.17) is 0 Å². The Kier molecular flexibility index (Phi) is 7.02. The fraction of sp³-hybridized carbons (Fsp3) is 0.655. The molecular weight excluding hydrogens is 450 g/mol. The molecule has 6 rings (SSSR count). The van der Waals surface area contributed by atoms with Gasteiger partial charge in [0.2, 0.25) is 5.91 Å². The molecule has 2 aliphatic carbocycles. The third-order valence-electron chi connectivity index (χ3n) is 9.31. The number of imide groups is 1. The lowest BCUT2D eigenvalue weighted by molar-refractivity contribution is -0.120. The topological polar surface area (TPSA) is 60.8 Å². The first-order valence-electron chi connectivity index (χ1n) is 14.3. The Hall–Kier alpha value is -2.38. The van der Waals surface area contributed by atoms with Crippen LogP contribution in [0.15, 0.2) is 30.5 Å². The number of urea groups is 1. The molecule has 4 fully saturated rings. The Labute approximate surface area is 214 Å². The van der Waals surface area contributed by atoms with Crippen LogP contribution >= 0.6 is 0 Å². The zero-order valence-corrected chi connectivity index (χ0v) is 21.5. The predicted octanol–water partition coefficient (Wildman–Crippen LogP) is 4.77. The van der Waals surface area contributed by atoms with Crippen molar-refractivity contribution in [1.29, 1.82) is 0 Å². The Morgan fingerprint density at radius 2 is 1.56 bits per heavy atom. The molecular formula is C29H41N5O2. The van der Waals surface area contributed by atoms with Crippen LogP contribution in [0.2, 0.25) is 0 Å². The zero-order valence-electron chi connectivity index (χ0n) is 21.5. The van der Waals surface area contributed by atoms with E-state index in [2.05, 4.69) is 38.0 Å². The number of benzene rings is 1. The van der Waals surface area contributed by atoms with Gasteiger partial charge in [0, 0.05) is 69.4 Å². The van der Waals surface area contributed by atoms with Crippen molar-refractivity contribution in [3.05, 3.63) is 30.5 Å². The summed E-state index contributed by atoms with van der Waals surface area (Å²) >= 11 is 0. The fourth-order valence-corrected chi connectivity index (χ4v) is 7.27. The van der Waals surface area contributed by atoms with Crippen molar-refractivity contribution in [2.45, 2.75) is 76.3 Å². The highest BCUT2D eigenvalue weighted by atomic mass is 16.2. The van der Waals surface area contributed by atoms with E-state index in [1.807, 2.05) is 12.1 Å². The summed E-state index contributed by atoms with van der Waals surface area (Å²) in [5, 5.41) is 3.55. The monoisotopic (exact) mass is 491 g/mol. The summed E-state index contributed by atoms with van der Waals surface area (Å²) in [5.74, 6) is 0.757. The van der Waals surface area contributed by atoms with E-state index in [-0.39, 0.29) is 11.9 Å². The average Bonchev–Trinajstić information content (AvgIpc) is 3.35. The van der Waals surface area contributed by atoms with Gasteiger partial charge in [-0.05, 0) is 62.6 Å². The number of hydrogen-bond acceptors (Lipinski definition) is 4. The van der Waals surface area contributed by atoms with Gasteiger partial charge < -0.3 is 9.47 Å². The molecule has 0 spiro atoms. The number of fused-ring (bicyclic) bond motifs is 1. The summed E-state index contributed by atoms with van der Waals surface area (Å²) in [7, 11) is 0. The van der Waals surface area contributed by atoms with E-state index in [1.165, 1.54) is 96.0 Å². The van der Waals surface area contributed by atoms with Gasteiger partial charge in [-0.3, -0.25) is 19.9 Å². The number of anilines is 1. The van der Waals surface area contributed by atoms with Crippen molar-refractivity contribution in [2.24, 2.45) is 5.92 Å². The maximum absolute atomic E-state index is 12.4. The third-order valence-corrected chi connectivity index (χ3v) is 9.31. The van der Waals surface area contributed by atoms with E-state index < -0.39 is 0 Å². The van der Waals surface area contributed by atoms with Crippen LogP contribution < -0.4 is 10.2 Å². The van der Waals surface area contributed by atoms with Gasteiger partial charge in [0.05, 0.1) is 11.2 Å². The van der Waals surface area contributed by atoms with E-state index in [0.29, 0.717) is 19.0 Å². The lowest BCUT2D eigenvalue weighted by Gasteiger charge is -2.43. The average molecular weight is 492 g/mol. The number of piperazine rings is 1. The van der Waals surface area contributed by atoms with Gasteiger partial charge in [0.25, 0.3) is 0 Å². The molecule has 1 aromatic carbocycles. The summed E-state index contributed by atoms with van der Waals surface area (Å²) in [6.07, 6.45) is 14.7. The first-order valence-corrected chi connectivity index (χ1v) is 14.3. The molecule has 2 saturated carbocycles. The molecule has 2 saturated heterocycles. The van der Waals surface area contributed by atoms with Gasteiger partial charge in [-0.15, -0.1) is 0 Å². The molecule has 3 amide bonds. The second-order valence-electron chi connectivity index (χ2n) is 11.5. The Morgan fingerprint density at radius 1 is 0.806 bits per heavy atom. The molecule has 2 aromatic rings. The summed E-state index contributed by atoms with van der Waals surface area (Å²) in [6, 6.07) is 9.27. The van der Waals surface area contributed by atoms with E-state index in [1.54, 1.807) is 4.90 Å². The van der Waals surface area contributed by atoms with Crippen LogP contribution in [0.5, 0.6) is 0 Å². The predicted molar refractivity (Wildman–Crippen MR) is 143 cm³/mol. The maximum Gasteiger partial charge on any atom is 0.328 e. The first kappa shape index (κ1) is 24.0. The quantitative estimate of drug-likeness (QED) is 0.655. The minimum absolute atomic E-state index is 0.191. The van der Waals surface area contributed by atoms with Crippen molar-refractivity contribution in [3.63, 3.8) is 0 Å². The molecule has 1 N–H and O–H groups in total. The highest BCUT2D eigenvalue weighted by Gasteiger charge is 2.31. The summed E-state index contributed by atoms with van der Waals surface area (Å²) < 4.78 is 2.43. The van der Waals surface area contributed by atoms with Crippen LogP contribution in [-0.4, -0.2) is 71.6 Å². The minimum Gasteiger partial charge on any atom is -0.344 e. The second-order valence-corrected chi connectivity index (χ2v) is 11.5. The molecule has 7 heteroatoms. The third kappa shape index (κ3) is 4.92. The van der Waals surface area contributed by atoms with Crippen LogP contribution in [0.3, 0.4) is 0 Å². The van der Waals surface area contributed by atoms with Gasteiger partial charge in [-0.1, -0.05) is 25.3 Å². The molecule has 2 aliphatic heterocycles. The molecule has 36 heavy (non-hydrogen) atoms. The summed E-state index contributed by atoms with van der Waals surface area (Å²) in [4.78, 5) is 31.3. The summed E-state index contributed by atoms with van der Waals surface area (Å²) in [6.45, 7) is 6.73. The lowest BCUT2D eigenvalue weighted by atomic mass is 9.88. The van der Waals surface area contributed by atoms with Crippen molar-refractivity contribution in [1.82, 2.24) is 19.7 Å². The number of nitrogens with zero attached hydrogens (tertiary/aromatic N) is 4. The molecule has 0 bridgehead atoms. The number of nitrogens with one attached hydrogen (secondary N) is 1. The highest BCUT2D eigenvalue weighted by Crippen LogP contribution is 2.37. The van der Waals surface area contributed by atoms with Gasteiger partial charge in [-0.2, -0.15) is 0 Å². The number of aromatic nitrogens is 1. The normalized spacial score (nSPS) is 27.5. The van der Waals surface area contributed by atoms with E-state index >= 15 is 0 Å². The Balaban J connectivity index is 1.05. The molecule has 0 unspecified atom stereocenters. The number of hydrogen-bond donors (Lipinski definition) is 1. The van der Waals surface area contributed by atoms with E-state index in [0.717, 1.165) is 23.0 Å². The maximum atomic E-state index is 12.4. The zero-order chi connectivity index (χ0) is 24.5. The molecule has 0 radical (unpaired) electrons. The van der Waals surface area contributed by atoms with Gasteiger partial charge >= 0.3 is 6.03 Å². The number of amides is 3. The number of carbonyl (C=O) groups is 2. The molecule has 7 nitrogen and oxygen atoms in total. The highest BCUT2D eigenvalue weighted by molar-refractivity contribution is 6.09. The van der Waals surface area contributed by atoms with Gasteiger partial charge in [-0.25, -0.2) is 4.79 Å². The number of carbonyl (C=O) groups excluding carboxylic acids is 2. The van der Waals surface area contributed by atoms with Crippen molar-refractivity contribution >= 4 is 28.5 Å². The van der Waals surface area contributed by atoms with Gasteiger partial charge in [0.1, 0.15) is 0 Å². The van der Waals surface area contributed by atoms with E-state index in [9.17, 15) is 9.59 Å². The van der Waals surface area contributed by atoms with Crippen LogP contribution in [0.4, 0.5) is 10.5 Å². The van der Waals surface area contributed by atoms with Gasteiger partial charge in [0.15, 0.2) is 0 Å². The van der Waals surface area contributed by atoms with Crippen LogP contribution in [0, 0.1) is 5.92 Å². The van der Waals surface area contributed by atoms with Crippen LogP contribution in [0.1, 0.15) is 70.3 Å². The van der Waals surface area contributed by atoms with Crippen LogP contribution in [-0.2, 0) is 4.79 Å². The standard InChI is InChI=1S/C29H41N5O2/c35-28-14-16-34(29(36)30-28)27-8-4-7-26-25(27)13-15-33(26)24-11-9-23(10-12-24)32-19-17-31(18-20-32)21-22-5-2-1-3-6-22/h4,7-8,13,15,22-24H,1-3,5-6,9-12,14,16-21H2,(H,30,35,36). The lowest BCUT2D eigenvalue weighted by Crippen LogP contribution is -2.52. The summed E-state index contributed by atoms with van der Waals surface area (Å²) in [5.41, 5.74) is 2.09. The smallest absolute Gasteiger partial charge is 0.328 e. The molecule has 1 aromatic heterocycles.